The number of rotatable bonds is 5. The molecule has 0 saturated heterocycles. The maximum Gasteiger partial charge on any atom is 1.00 e. The van der Waals surface area contributed by atoms with Crippen LogP contribution in [0.2, 0.25) is 0 Å². The molecule has 0 rings (SSSR count). The molecule has 1 atom stereocenters. The molecule has 0 amide bonds. The van der Waals surface area contributed by atoms with Crippen LogP contribution in [0.15, 0.2) is 25.3 Å². The van der Waals surface area contributed by atoms with E-state index in [9.17, 15) is 18.0 Å². The topological polar surface area (TPSA) is 135 Å². The zero-order valence-corrected chi connectivity index (χ0v) is 17.0. The van der Waals surface area contributed by atoms with Crippen LogP contribution in [0.1, 0.15) is 16.7 Å². The summed E-state index contributed by atoms with van der Waals surface area (Å²) in [5.74, 6) is -1.60. The van der Waals surface area contributed by atoms with Crippen molar-refractivity contribution in [2.24, 2.45) is 5.73 Å². The molecule has 0 heterocycles. The van der Waals surface area contributed by atoms with Crippen LogP contribution in [0.4, 0.5) is 0 Å². The predicted octanol–water partition coefficient (Wildman–Crippen LogP) is -5.77. The minimum Gasteiger partial charge on any atom is -1.00 e. The van der Waals surface area contributed by atoms with E-state index in [1.165, 1.54) is 13.8 Å². The van der Waals surface area contributed by atoms with Crippen molar-refractivity contribution in [3.05, 3.63) is 25.3 Å². The number of carboxylic acid groups (broad SMARTS) is 1. The number of aliphatic carboxylic acids is 1. The standard InChI is InChI=1S/C7H13NO4S.C3H4O2.2Na.2H/c1-4-5(9)6(8)7(2,3)13(10,11)12;1-2-3(4)5;;;;/h4,6H,1,8H2,2-3H3,(H,10,11,12);2H,1H2,(H,4,5);;;;/q;;2*+1;2*-1. The van der Waals surface area contributed by atoms with Crippen LogP contribution in [0, 0.1) is 0 Å². The van der Waals surface area contributed by atoms with Gasteiger partial charge in [-0.1, -0.05) is 13.2 Å². The van der Waals surface area contributed by atoms with Crippen LogP contribution in [-0.2, 0) is 19.7 Å². The quantitative estimate of drug-likeness (QED) is 0.260. The van der Waals surface area contributed by atoms with Gasteiger partial charge >= 0.3 is 65.1 Å². The van der Waals surface area contributed by atoms with Crippen LogP contribution in [-0.4, -0.2) is 40.6 Å². The van der Waals surface area contributed by atoms with Crippen LogP contribution in [0.5, 0.6) is 0 Å². The molecule has 20 heavy (non-hydrogen) atoms. The average Bonchev–Trinajstić information content (AvgIpc) is 2.26. The van der Waals surface area contributed by atoms with Gasteiger partial charge in [0.05, 0.1) is 6.04 Å². The summed E-state index contributed by atoms with van der Waals surface area (Å²) in [6.45, 7) is 8.48. The van der Waals surface area contributed by atoms with Gasteiger partial charge in [-0.05, 0) is 19.9 Å². The van der Waals surface area contributed by atoms with E-state index in [2.05, 4.69) is 13.2 Å². The summed E-state index contributed by atoms with van der Waals surface area (Å²) in [7, 11) is -4.35. The van der Waals surface area contributed by atoms with Gasteiger partial charge in [0.1, 0.15) is 4.75 Å². The number of carbonyl (C=O) groups excluding carboxylic acids is 1. The van der Waals surface area contributed by atoms with Crippen molar-refractivity contribution >= 4 is 21.9 Å². The van der Waals surface area contributed by atoms with E-state index >= 15 is 0 Å². The van der Waals surface area contributed by atoms with Crippen LogP contribution in [0.25, 0.3) is 0 Å². The molecular weight excluding hydrogens is 308 g/mol. The Morgan fingerprint density at radius 3 is 1.70 bits per heavy atom. The smallest absolute Gasteiger partial charge is 1.00 e. The minimum absolute atomic E-state index is 0. The first kappa shape index (κ1) is 28.6. The molecule has 0 saturated carbocycles. The van der Waals surface area contributed by atoms with Gasteiger partial charge in [-0.15, -0.1) is 0 Å². The van der Waals surface area contributed by atoms with Gasteiger partial charge in [0.2, 0.25) is 0 Å². The number of hydrogen-bond acceptors (Lipinski definition) is 5. The van der Waals surface area contributed by atoms with Crippen LogP contribution >= 0.6 is 0 Å². The minimum atomic E-state index is -4.35. The molecule has 1 unspecified atom stereocenters. The fourth-order valence-electron chi connectivity index (χ4n) is 0.630. The Labute approximate surface area is 166 Å². The Kier molecular flexibility index (Phi) is 17.3. The summed E-state index contributed by atoms with van der Waals surface area (Å²) in [5, 5.41) is 7.60. The summed E-state index contributed by atoms with van der Waals surface area (Å²) in [4.78, 5) is 20.2. The third kappa shape index (κ3) is 10.3. The monoisotopic (exact) mass is 327 g/mol. The van der Waals surface area contributed by atoms with E-state index < -0.39 is 32.7 Å². The molecule has 0 bridgehead atoms. The number of carbonyl (C=O) groups is 2. The van der Waals surface area contributed by atoms with Gasteiger partial charge in [0, 0.05) is 6.08 Å². The second-order valence-corrected chi connectivity index (χ2v) is 5.71. The Morgan fingerprint density at radius 2 is 1.55 bits per heavy atom. The van der Waals surface area contributed by atoms with Gasteiger partial charge < -0.3 is 13.7 Å². The largest absolute Gasteiger partial charge is 1.00 e. The summed E-state index contributed by atoms with van der Waals surface area (Å²) in [6, 6.07) is -1.31. The Bertz CT molecular complexity index is 456. The number of nitrogens with two attached hydrogens (primary N) is 1. The summed E-state index contributed by atoms with van der Waals surface area (Å²) in [5.41, 5.74) is 5.33. The molecule has 4 N–H and O–H groups in total. The number of hydrogen-bond donors (Lipinski definition) is 3. The third-order valence-electron chi connectivity index (χ3n) is 2.10. The van der Waals surface area contributed by atoms with Crippen molar-refractivity contribution in [1.29, 1.82) is 0 Å². The molecule has 0 aliphatic carbocycles. The van der Waals surface area contributed by atoms with Gasteiger partial charge in [0.15, 0.2) is 5.78 Å². The first-order chi connectivity index (χ1) is 7.91. The third-order valence-corrected chi connectivity index (χ3v) is 3.68. The second-order valence-electron chi connectivity index (χ2n) is 3.71. The molecule has 0 aromatic rings. The van der Waals surface area contributed by atoms with Crippen molar-refractivity contribution in [1.82, 2.24) is 0 Å². The number of carboxylic acids is 1. The van der Waals surface area contributed by atoms with E-state index in [-0.39, 0.29) is 62.0 Å². The first-order valence-corrected chi connectivity index (χ1v) is 6.10. The van der Waals surface area contributed by atoms with E-state index in [0.717, 1.165) is 12.2 Å². The van der Waals surface area contributed by atoms with Crippen molar-refractivity contribution < 1.29 is 89.6 Å². The summed E-state index contributed by atoms with van der Waals surface area (Å²) >= 11 is 0. The average molecular weight is 327 g/mol. The summed E-state index contributed by atoms with van der Waals surface area (Å²) in [6.07, 6.45) is 1.76. The predicted molar refractivity (Wildman–Crippen MR) is 68.9 cm³/mol. The van der Waals surface area contributed by atoms with Crippen LogP contribution in [0.3, 0.4) is 0 Å². The molecule has 0 radical (unpaired) electrons. The van der Waals surface area contributed by atoms with E-state index in [0.29, 0.717) is 0 Å². The zero-order valence-electron chi connectivity index (χ0n) is 14.2. The molecule has 0 spiro atoms. The summed E-state index contributed by atoms with van der Waals surface area (Å²) < 4.78 is 28.7. The van der Waals surface area contributed by atoms with Crippen molar-refractivity contribution in [3.8, 4) is 0 Å². The number of ketones is 1. The Morgan fingerprint density at radius 1 is 1.25 bits per heavy atom. The van der Waals surface area contributed by atoms with Crippen molar-refractivity contribution in [2.75, 3.05) is 0 Å². The Balaban J connectivity index is -0.0000000627. The molecule has 0 aromatic carbocycles. The fourth-order valence-corrected chi connectivity index (χ4v) is 1.07. The molecule has 7 nitrogen and oxygen atoms in total. The zero-order chi connectivity index (χ0) is 15.1. The van der Waals surface area contributed by atoms with Gasteiger partial charge in [-0.25, -0.2) is 4.79 Å². The Hall–Kier alpha value is 0.490. The van der Waals surface area contributed by atoms with Crippen molar-refractivity contribution in [3.63, 3.8) is 0 Å². The molecular formula is C10H19NNa2O6S. The molecule has 0 aliphatic rings. The first-order valence-electron chi connectivity index (χ1n) is 4.66. The van der Waals surface area contributed by atoms with E-state index in [1.54, 1.807) is 0 Å². The normalized spacial score (nSPS) is 11.4. The second kappa shape index (κ2) is 12.1. The molecule has 0 aliphatic heterocycles. The van der Waals surface area contributed by atoms with E-state index in [4.69, 9.17) is 15.4 Å². The molecule has 0 aromatic heterocycles. The van der Waals surface area contributed by atoms with Crippen LogP contribution < -0.4 is 64.8 Å². The van der Waals surface area contributed by atoms with Crippen molar-refractivity contribution in [2.45, 2.75) is 24.6 Å². The van der Waals surface area contributed by atoms with Gasteiger partial charge in [-0.2, -0.15) is 8.42 Å². The SMILES string of the molecule is C=CC(=O)C(N)C(C)(C)S(=O)(=O)O.C=CC(=O)O.[H-].[H-].[Na+].[Na+]. The van der Waals surface area contributed by atoms with E-state index in [1.807, 2.05) is 0 Å². The fraction of sp³-hybridized carbons (Fsp3) is 0.400. The maximum absolute atomic E-state index is 11.0. The molecule has 10 heteroatoms. The maximum atomic E-state index is 11.0. The van der Waals surface area contributed by atoms with Gasteiger partial charge in [-0.3, -0.25) is 9.35 Å². The molecule has 0 fully saturated rings. The van der Waals surface area contributed by atoms with Gasteiger partial charge in [0.25, 0.3) is 10.1 Å². The molecule has 108 valence electrons.